The molecule has 7 heteroatoms. The second kappa shape index (κ2) is 12.7. The van der Waals surface area contributed by atoms with Crippen molar-refractivity contribution >= 4 is 35.0 Å². The molecule has 0 bridgehead atoms. The van der Waals surface area contributed by atoms with E-state index >= 15 is 0 Å². The Kier molecular flexibility index (Phi) is 9.40. The molecule has 1 atom stereocenters. The Morgan fingerprint density at radius 2 is 1.59 bits per heavy atom. The van der Waals surface area contributed by atoms with Crippen molar-refractivity contribution in [2.75, 3.05) is 24.4 Å². The largest absolute Gasteiger partial charge is 0.497 e. The first kappa shape index (κ1) is 25.2. The number of benzene rings is 3. The third-order valence-corrected chi connectivity index (χ3v) is 6.13. The van der Waals surface area contributed by atoms with Crippen molar-refractivity contribution in [2.45, 2.75) is 36.8 Å². The quantitative estimate of drug-likeness (QED) is 0.252. The van der Waals surface area contributed by atoms with Crippen LogP contribution in [0.25, 0.3) is 0 Å². The highest BCUT2D eigenvalue weighted by Crippen LogP contribution is 2.26. The molecule has 34 heavy (non-hydrogen) atoms. The summed E-state index contributed by atoms with van der Waals surface area (Å²) in [5, 5.41) is 5.52. The van der Waals surface area contributed by atoms with E-state index in [1.165, 1.54) is 11.8 Å². The number of carbonyl (C=O) groups is 2. The van der Waals surface area contributed by atoms with Crippen LogP contribution in [-0.4, -0.2) is 30.8 Å². The summed E-state index contributed by atoms with van der Waals surface area (Å²) in [6, 6.07) is 21.8. The highest BCUT2D eigenvalue weighted by Gasteiger charge is 2.15. The van der Waals surface area contributed by atoms with Gasteiger partial charge in [0.1, 0.15) is 11.5 Å². The minimum absolute atomic E-state index is 0.0833. The first-order valence-electron chi connectivity index (χ1n) is 11.2. The molecule has 2 amide bonds. The zero-order chi connectivity index (χ0) is 24.3. The van der Waals surface area contributed by atoms with Gasteiger partial charge in [-0.25, -0.2) is 0 Å². The Bertz CT molecular complexity index is 1080. The zero-order valence-corrected chi connectivity index (χ0v) is 20.5. The summed E-state index contributed by atoms with van der Waals surface area (Å²) >= 11 is 1.45. The lowest BCUT2D eigenvalue weighted by molar-refractivity contribution is -0.115. The zero-order valence-electron chi connectivity index (χ0n) is 19.7. The number of ether oxygens (including phenoxy) is 2. The summed E-state index contributed by atoms with van der Waals surface area (Å²) in [6.07, 6.45) is 2.10. The number of hydrogen-bond acceptors (Lipinski definition) is 5. The molecular weight excluding hydrogens is 448 g/mol. The molecule has 0 heterocycles. The van der Waals surface area contributed by atoms with Gasteiger partial charge < -0.3 is 20.1 Å². The molecule has 3 aromatic rings. The van der Waals surface area contributed by atoms with Gasteiger partial charge in [-0.2, -0.15) is 0 Å². The van der Waals surface area contributed by atoms with Crippen molar-refractivity contribution in [1.29, 1.82) is 0 Å². The summed E-state index contributed by atoms with van der Waals surface area (Å²) in [7, 11) is 1.56. The second-order valence-electron chi connectivity index (χ2n) is 7.69. The van der Waals surface area contributed by atoms with E-state index < -0.39 is 0 Å². The van der Waals surface area contributed by atoms with Crippen LogP contribution in [0.15, 0.2) is 77.7 Å². The molecule has 0 saturated carbocycles. The lowest BCUT2D eigenvalue weighted by Gasteiger charge is -2.13. The fourth-order valence-corrected chi connectivity index (χ4v) is 3.92. The number of unbranched alkanes of at least 4 members (excludes halogenated alkanes) is 1. The van der Waals surface area contributed by atoms with E-state index in [0.717, 1.165) is 29.2 Å². The number of nitrogens with one attached hydrogen (secondary N) is 2. The average Bonchev–Trinajstić information content (AvgIpc) is 2.86. The molecule has 3 aromatic carbocycles. The van der Waals surface area contributed by atoms with Crippen LogP contribution in [0, 0.1) is 0 Å². The molecule has 0 aliphatic rings. The van der Waals surface area contributed by atoms with Crippen molar-refractivity contribution in [1.82, 2.24) is 0 Å². The molecule has 0 aliphatic carbocycles. The number of methoxy groups -OCH3 is 1. The summed E-state index contributed by atoms with van der Waals surface area (Å²) in [4.78, 5) is 26.0. The van der Waals surface area contributed by atoms with Gasteiger partial charge in [0.15, 0.2) is 0 Å². The fraction of sp³-hybridized carbons (Fsp3) is 0.259. The molecule has 0 aliphatic heterocycles. The highest BCUT2D eigenvalue weighted by molar-refractivity contribution is 8.00. The third kappa shape index (κ3) is 7.56. The lowest BCUT2D eigenvalue weighted by Crippen LogP contribution is -2.22. The van der Waals surface area contributed by atoms with Gasteiger partial charge in [-0.1, -0.05) is 19.4 Å². The molecule has 0 aromatic heterocycles. The Morgan fingerprint density at radius 3 is 2.26 bits per heavy atom. The Hall–Kier alpha value is -3.45. The maximum absolute atomic E-state index is 12.6. The maximum Gasteiger partial charge on any atom is 0.255 e. The van der Waals surface area contributed by atoms with E-state index in [4.69, 9.17) is 9.47 Å². The van der Waals surface area contributed by atoms with E-state index in [-0.39, 0.29) is 17.1 Å². The van der Waals surface area contributed by atoms with Crippen LogP contribution in [-0.2, 0) is 4.79 Å². The predicted molar refractivity (Wildman–Crippen MR) is 138 cm³/mol. The van der Waals surface area contributed by atoms with Crippen LogP contribution in [0.2, 0.25) is 0 Å². The third-order valence-electron chi connectivity index (χ3n) is 5.01. The standard InChI is InChI=1S/C27H30N2O4S/c1-4-5-17-33-23-13-9-21(10-14-23)28-26(30)19(2)34-25-15-11-22(12-16-25)29-27(31)20-7-6-8-24(18-20)32-3/h6-16,18-19H,4-5,17H2,1-3H3,(H,28,30)(H,29,31). The van der Waals surface area contributed by atoms with E-state index in [9.17, 15) is 9.59 Å². The van der Waals surface area contributed by atoms with E-state index in [1.807, 2.05) is 55.5 Å². The molecule has 0 saturated heterocycles. The number of amides is 2. The first-order valence-corrected chi connectivity index (χ1v) is 12.1. The van der Waals surface area contributed by atoms with Crippen LogP contribution in [0.5, 0.6) is 11.5 Å². The maximum atomic E-state index is 12.6. The molecule has 1 unspecified atom stereocenters. The predicted octanol–water partition coefficient (Wildman–Crippen LogP) is 6.25. The molecular formula is C27H30N2O4S. The SMILES string of the molecule is CCCCOc1ccc(NC(=O)C(C)Sc2ccc(NC(=O)c3cccc(OC)c3)cc2)cc1. The molecule has 2 N–H and O–H groups in total. The minimum Gasteiger partial charge on any atom is -0.497 e. The second-order valence-corrected chi connectivity index (χ2v) is 9.10. The van der Waals surface area contributed by atoms with Gasteiger partial charge in [-0.05, 0) is 80.1 Å². The van der Waals surface area contributed by atoms with Gasteiger partial charge in [0.2, 0.25) is 5.91 Å². The summed E-state index contributed by atoms with van der Waals surface area (Å²) in [5.74, 6) is 1.13. The van der Waals surface area contributed by atoms with Crippen molar-refractivity contribution in [3.63, 3.8) is 0 Å². The number of thioether (sulfide) groups is 1. The Balaban J connectivity index is 1.50. The fourth-order valence-electron chi connectivity index (χ4n) is 3.05. The summed E-state index contributed by atoms with van der Waals surface area (Å²) in [5.41, 5.74) is 1.93. The van der Waals surface area contributed by atoms with Crippen molar-refractivity contribution < 1.29 is 19.1 Å². The van der Waals surface area contributed by atoms with Gasteiger partial charge >= 0.3 is 0 Å². The lowest BCUT2D eigenvalue weighted by atomic mass is 10.2. The summed E-state index contributed by atoms with van der Waals surface area (Å²) in [6.45, 7) is 4.68. The topological polar surface area (TPSA) is 76.7 Å². The number of hydrogen-bond donors (Lipinski definition) is 2. The van der Waals surface area contributed by atoms with Crippen LogP contribution in [0.3, 0.4) is 0 Å². The highest BCUT2D eigenvalue weighted by atomic mass is 32.2. The van der Waals surface area contributed by atoms with Gasteiger partial charge in [0.25, 0.3) is 5.91 Å². The summed E-state index contributed by atoms with van der Waals surface area (Å²) < 4.78 is 10.8. The minimum atomic E-state index is -0.294. The van der Waals surface area contributed by atoms with Crippen molar-refractivity contribution in [2.24, 2.45) is 0 Å². The molecule has 0 fully saturated rings. The Morgan fingerprint density at radius 1 is 0.912 bits per heavy atom. The van der Waals surface area contributed by atoms with Crippen molar-refractivity contribution in [3.05, 3.63) is 78.4 Å². The van der Waals surface area contributed by atoms with Crippen molar-refractivity contribution in [3.8, 4) is 11.5 Å². The molecule has 3 rings (SSSR count). The van der Waals surface area contributed by atoms with Gasteiger partial charge in [-0.15, -0.1) is 11.8 Å². The van der Waals surface area contributed by atoms with Crippen LogP contribution in [0.4, 0.5) is 11.4 Å². The average molecular weight is 479 g/mol. The molecule has 0 spiro atoms. The van der Waals surface area contributed by atoms with Gasteiger partial charge in [0, 0.05) is 21.8 Å². The van der Waals surface area contributed by atoms with Crippen LogP contribution in [0.1, 0.15) is 37.0 Å². The number of anilines is 2. The van der Waals surface area contributed by atoms with Gasteiger partial charge in [-0.3, -0.25) is 9.59 Å². The van der Waals surface area contributed by atoms with Gasteiger partial charge in [0.05, 0.1) is 19.0 Å². The van der Waals surface area contributed by atoms with E-state index in [1.54, 1.807) is 31.4 Å². The number of carbonyl (C=O) groups excluding carboxylic acids is 2. The molecule has 0 radical (unpaired) electrons. The van der Waals surface area contributed by atoms with E-state index in [0.29, 0.717) is 23.6 Å². The van der Waals surface area contributed by atoms with Crippen LogP contribution >= 0.6 is 11.8 Å². The van der Waals surface area contributed by atoms with Crippen LogP contribution < -0.4 is 20.1 Å². The van der Waals surface area contributed by atoms with E-state index in [2.05, 4.69) is 17.6 Å². The number of rotatable bonds is 11. The monoisotopic (exact) mass is 478 g/mol. The first-order chi connectivity index (χ1) is 16.5. The smallest absolute Gasteiger partial charge is 0.255 e. The molecule has 178 valence electrons. The normalized spacial score (nSPS) is 11.4. The molecule has 6 nitrogen and oxygen atoms in total. The Labute approximate surface area is 205 Å².